The van der Waals surface area contributed by atoms with E-state index in [1.807, 2.05) is 11.4 Å². The number of alkyl halides is 3. The summed E-state index contributed by atoms with van der Waals surface area (Å²) >= 11 is 1.49. The van der Waals surface area contributed by atoms with Crippen molar-refractivity contribution in [2.45, 2.75) is 25.1 Å². The van der Waals surface area contributed by atoms with Crippen LogP contribution in [0.2, 0.25) is 0 Å². The first kappa shape index (κ1) is 18.9. The lowest BCUT2D eigenvalue weighted by Crippen LogP contribution is -2.39. The number of likely N-dealkylation sites (N-methyl/N-ethyl adjacent to an activating group) is 1. The monoisotopic (exact) mass is 408 g/mol. The third kappa shape index (κ3) is 3.64. The van der Waals surface area contributed by atoms with Gasteiger partial charge in [0.15, 0.2) is 5.82 Å². The van der Waals surface area contributed by atoms with E-state index in [1.54, 1.807) is 0 Å². The molecular formula is C19H19F3N4OS. The molecule has 28 heavy (non-hydrogen) atoms. The lowest BCUT2D eigenvalue weighted by Gasteiger charge is -2.30. The molecule has 0 aliphatic carbocycles. The van der Waals surface area contributed by atoms with Crippen LogP contribution in [-0.2, 0) is 6.18 Å². The molecule has 5 nitrogen and oxygen atoms in total. The number of nitrogens with zero attached hydrogens (tertiary/aromatic N) is 3. The number of hydrogen-bond acceptors (Lipinski definition) is 6. The number of fused-ring (bicyclic) bond motifs is 1. The van der Waals surface area contributed by atoms with E-state index in [2.05, 4.69) is 27.5 Å². The molecule has 3 aromatic rings. The van der Waals surface area contributed by atoms with Crippen molar-refractivity contribution in [1.82, 2.24) is 15.1 Å². The zero-order valence-electron chi connectivity index (χ0n) is 15.1. The van der Waals surface area contributed by atoms with Gasteiger partial charge in [0.2, 0.25) is 0 Å². The van der Waals surface area contributed by atoms with Gasteiger partial charge >= 0.3 is 6.18 Å². The fourth-order valence-electron chi connectivity index (χ4n) is 3.56. The summed E-state index contributed by atoms with van der Waals surface area (Å²) < 4.78 is 39.5. The average molecular weight is 408 g/mol. The molecule has 0 spiro atoms. The zero-order valence-corrected chi connectivity index (χ0v) is 15.9. The normalized spacial score (nSPS) is 18.5. The highest BCUT2D eigenvalue weighted by molar-refractivity contribution is 7.17. The number of aromatic hydroxyl groups is 1. The van der Waals surface area contributed by atoms with E-state index < -0.39 is 17.5 Å². The van der Waals surface area contributed by atoms with Crippen LogP contribution < -0.4 is 5.32 Å². The minimum atomic E-state index is -4.51. The quantitative estimate of drug-likeness (QED) is 0.664. The maximum atomic E-state index is 12.9. The van der Waals surface area contributed by atoms with Gasteiger partial charge in [0.1, 0.15) is 11.4 Å². The third-order valence-corrected chi connectivity index (χ3v) is 5.85. The predicted molar refractivity (Wildman–Crippen MR) is 104 cm³/mol. The second kappa shape index (κ2) is 7.21. The summed E-state index contributed by atoms with van der Waals surface area (Å²) in [4.78, 5) is 2.26. The Balaban J connectivity index is 1.70. The minimum absolute atomic E-state index is 0.229. The molecule has 9 heteroatoms. The first-order valence-electron chi connectivity index (χ1n) is 8.92. The topological polar surface area (TPSA) is 61.3 Å². The summed E-state index contributed by atoms with van der Waals surface area (Å²) in [6, 6.07) is 5.02. The number of phenols is 1. The van der Waals surface area contributed by atoms with E-state index in [0.717, 1.165) is 48.2 Å². The largest absolute Gasteiger partial charge is 0.507 e. The van der Waals surface area contributed by atoms with Crippen LogP contribution in [0.25, 0.3) is 21.3 Å². The van der Waals surface area contributed by atoms with E-state index in [-0.39, 0.29) is 11.6 Å². The molecule has 0 bridgehead atoms. The summed E-state index contributed by atoms with van der Waals surface area (Å²) in [5, 5.41) is 24.8. The standard InChI is InChI=1S/C19H19F3N4OS/c1-26-7-2-3-12(10-26)23-18-17-14(6-8-28-17)16(24-25-18)13-5-4-11(9-15(13)27)19(20,21)22/h4-6,8-9,12,27H,2-3,7,10H2,1H3,(H,23,25)/t12-/m1/s1. The first-order valence-corrected chi connectivity index (χ1v) is 9.80. The van der Waals surface area contributed by atoms with Crippen LogP contribution in [0.15, 0.2) is 29.6 Å². The average Bonchev–Trinajstić information content (AvgIpc) is 3.12. The first-order chi connectivity index (χ1) is 13.3. The van der Waals surface area contributed by atoms with Gasteiger partial charge in [0.05, 0.1) is 10.3 Å². The number of piperidine rings is 1. The summed E-state index contributed by atoms with van der Waals surface area (Å²) in [6.07, 6.45) is -2.37. The maximum absolute atomic E-state index is 12.9. The Morgan fingerprint density at radius 2 is 2.07 bits per heavy atom. The molecule has 0 saturated carbocycles. The third-order valence-electron chi connectivity index (χ3n) is 4.93. The maximum Gasteiger partial charge on any atom is 0.416 e. The summed E-state index contributed by atoms with van der Waals surface area (Å²) in [5.74, 6) is 0.201. The highest BCUT2D eigenvalue weighted by Crippen LogP contribution is 2.40. The van der Waals surface area contributed by atoms with Crippen molar-refractivity contribution in [2.24, 2.45) is 0 Å². The van der Waals surface area contributed by atoms with Crippen LogP contribution in [0.4, 0.5) is 19.0 Å². The number of hydrogen-bond donors (Lipinski definition) is 2. The molecular weight excluding hydrogens is 389 g/mol. The van der Waals surface area contributed by atoms with Crippen LogP contribution in [0.1, 0.15) is 18.4 Å². The lowest BCUT2D eigenvalue weighted by molar-refractivity contribution is -0.137. The molecule has 2 N–H and O–H groups in total. The smallest absolute Gasteiger partial charge is 0.416 e. The van der Waals surface area contributed by atoms with Gasteiger partial charge in [-0.25, -0.2) is 0 Å². The number of anilines is 1. The molecule has 0 radical (unpaired) electrons. The molecule has 2 aromatic heterocycles. The van der Waals surface area contributed by atoms with Crippen molar-refractivity contribution in [1.29, 1.82) is 0 Å². The van der Waals surface area contributed by atoms with E-state index in [1.165, 1.54) is 17.4 Å². The van der Waals surface area contributed by atoms with Crippen LogP contribution in [0.3, 0.4) is 0 Å². The zero-order chi connectivity index (χ0) is 19.9. The van der Waals surface area contributed by atoms with Gasteiger partial charge < -0.3 is 15.3 Å². The Hall–Kier alpha value is -2.39. The fourth-order valence-corrected chi connectivity index (χ4v) is 4.40. The number of nitrogens with one attached hydrogen (secondary N) is 1. The van der Waals surface area contributed by atoms with Crippen molar-refractivity contribution in [3.8, 4) is 17.0 Å². The van der Waals surface area contributed by atoms with Crippen LogP contribution in [-0.4, -0.2) is 46.4 Å². The van der Waals surface area contributed by atoms with Crippen LogP contribution >= 0.6 is 11.3 Å². The van der Waals surface area contributed by atoms with Gasteiger partial charge in [-0.3, -0.25) is 0 Å². The van der Waals surface area contributed by atoms with Crippen molar-refractivity contribution in [2.75, 3.05) is 25.5 Å². The Morgan fingerprint density at radius 1 is 1.25 bits per heavy atom. The number of rotatable bonds is 3. The van der Waals surface area contributed by atoms with Crippen LogP contribution in [0.5, 0.6) is 5.75 Å². The number of phenolic OH excluding ortho intramolecular Hbond substituents is 1. The Labute approximate surface area is 163 Å². The van der Waals surface area contributed by atoms with E-state index >= 15 is 0 Å². The van der Waals surface area contributed by atoms with Crippen molar-refractivity contribution < 1.29 is 18.3 Å². The van der Waals surface area contributed by atoms with Gasteiger partial charge in [0.25, 0.3) is 0 Å². The number of halogens is 3. The van der Waals surface area contributed by atoms with Gasteiger partial charge in [-0.15, -0.1) is 21.5 Å². The Morgan fingerprint density at radius 3 is 2.79 bits per heavy atom. The predicted octanol–water partition coefficient (Wildman–Crippen LogP) is 4.59. The summed E-state index contributed by atoms with van der Waals surface area (Å²) in [6.45, 7) is 1.99. The lowest BCUT2D eigenvalue weighted by atomic mass is 10.0. The van der Waals surface area contributed by atoms with Crippen LogP contribution in [0, 0.1) is 0 Å². The number of thiophene rings is 1. The SMILES string of the molecule is CN1CCC[C@@H](Nc2nnc(-c3ccc(C(F)(F)F)cc3O)c3ccsc23)C1. The Kier molecular flexibility index (Phi) is 4.88. The van der Waals surface area contributed by atoms with Gasteiger partial charge in [-0.2, -0.15) is 13.2 Å². The van der Waals surface area contributed by atoms with E-state index in [0.29, 0.717) is 11.5 Å². The highest BCUT2D eigenvalue weighted by Gasteiger charge is 2.31. The van der Waals surface area contributed by atoms with Gasteiger partial charge in [-0.1, -0.05) is 0 Å². The molecule has 3 heterocycles. The summed E-state index contributed by atoms with van der Waals surface area (Å²) in [5.41, 5.74) is -0.301. The molecule has 1 aromatic carbocycles. The fraction of sp³-hybridized carbons (Fsp3) is 0.368. The number of benzene rings is 1. The van der Waals surface area contributed by atoms with Gasteiger partial charge in [0, 0.05) is 23.5 Å². The molecule has 1 atom stereocenters. The molecule has 1 saturated heterocycles. The second-order valence-electron chi connectivity index (χ2n) is 7.04. The highest BCUT2D eigenvalue weighted by atomic mass is 32.1. The molecule has 0 unspecified atom stereocenters. The molecule has 0 amide bonds. The van der Waals surface area contributed by atoms with Crippen molar-refractivity contribution >= 4 is 27.2 Å². The van der Waals surface area contributed by atoms with Crippen molar-refractivity contribution in [3.05, 3.63) is 35.2 Å². The second-order valence-corrected chi connectivity index (χ2v) is 7.95. The molecule has 148 valence electrons. The minimum Gasteiger partial charge on any atom is -0.507 e. The number of aromatic nitrogens is 2. The molecule has 1 fully saturated rings. The molecule has 1 aliphatic heterocycles. The van der Waals surface area contributed by atoms with E-state index in [9.17, 15) is 18.3 Å². The van der Waals surface area contributed by atoms with E-state index in [4.69, 9.17) is 0 Å². The summed E-state index contributed by atoms with van der Waals surface area (Å²) in [7, 11) is 2.08. The van der Waals surface area contributed by atoms with Crippen molar-refractivity contribution in [3.63, 3.8) is 0 Å². The van der Waals surface area contributed by atoms with Gasteiger partial charge in [-0.05, 0) is 56.1 Å². The molecule has 1 aliphatic rings. The number of likely N-dealkylation sites (tertiary alicyclic amines) is 1. The molecule has 4 rings (SSSR count). The Bertz CT molecular complexity index is 1000.